The summed E-state index contributed by atoms with van der Waals surface area (Å²) < 4.78 is 44.5. The van der Waals surface area contributed by atoms with Gasteiger partial charge in [0.25, 0.3) is 10.0 Å². The van der Waals surface area contributed by atoms with Crippen LogP contribution in [0.4, 0.5) is 15.8 Å². The van der Waals surface area contributed by atoms with Gasteiger partial charge in [-0.05, 0) is 42.5 Å². The number of hydrogen-bond acceptors (Lipinski definition) is 4. The summed E-state index contributed by atoms with van der Waals surface area (Å²) in [6.07, 6.45) is 0. The molecule has 0 heterocycles. The average molecular weight is 296 g/mol. The van der Waals surface area contributed by atoms with Crippen molar-refractivity contribution in [3.63, 3.8) is 0 Å². The molecule has 20 heavy (non-hydrogen) atoms. The molecule has 0 saturated heterocycles. The van der Waals surface area contributed by atoms with Crippen molar-refractivity contribution in [1.82, 2.24) is 0 Å². The Morgan fingerprint density at radius 1 is 1.15 bits per heavy atom. The maximum atomic E-state index is 12.9. The van der Waals surface area contributed by atoms with Crippen LogP contribution in [0.25, 0.3) is 0 Å². The molecule has 0 fully saturated rings. The number of ether oxygens (including phenoxy) is 1. The number of hydrogen-bond donors (Lipinski definition) is 2. The lowest BCUT2D eigenvalue weighted by molar-refractivity contribution is 0.414. The predicted molar refractivity (Wildman–Crippen MR) is 74.6 cm³/mol. The first-order chi connectivity index (χ1) is 9.42. The summed E-state index contributed by atoms with van der Waals surface area (Å²) in [4.78, 5) is 0.0574. The van der Waals surface area contributed by atoms with Crippen LogP contribution in [0.2, 0.25) is 0 Å². The lowest BCUT2D eigenvalue weighted by atomic mass is 10.3. The van der Waals surface area contributed by atoms with E-state index >= 15 is 0 Å². The average Bonchev–Trinajstić information content (AvgIpc) is 2.42. The lowest BCUT2D eigenvalue weighted by Gasteiger charge is -2.10. The molecule has 0 spiro atoms. The van der Waals surface area contributed by atoms with E-state index in [1.807, 2.05) is 0 Å². The number of nitrogen functional groups attached to an aromatic ring is 1. The van der Waals surface area contributed by atoms with Gasteiger partial charge in [0.2, 0.25) is 0 Å². The van der Waals surface area contributed by atoms with Crippen molar-refractivity contribution in [1.29, 1.82) is 0 Å². The topological polar surface area (TPSA) is 81.4 Å². The number of nitrogens with two attached hydrogens (primary N) is 1. The van der Waals surface area contributed by atoms with Gasteiger partial charge < -0.3 is 10.5 Å². The molecule has 0 aliphatic heterocycles. The van der Waals surface area contributed by atoms with Gasteiger partial charge in [-0.2, -0.15) is 0 Å². The summed E-state index contributed by atoms with van der Waals surface area (Å²) in [5, 5.41) is 0. The first-order valence-corrected chi connectivity index (χ1v) is 7.12. The fourth-order valence-corrected chi connectivity index (χ4v) is 2.67. The van der Waals surface area contributed by atoms with Gasteiger partial charge >= 0.3 is 0 Å². The summed E-state index contributed by atoms with van der Waals surface area (Å²) in [5.41, 5.74) is 5.71. The van der Waals surface area contributed by atoms with Gasteiger partial charge in [-0.1, -0.05) is 0 Å². The molecule has 0 aliphatic carbocycles. The monoisotopic (exact) mass is 296 g/mol. The molecule has 106 valence electrons. The number of nitrogens with one attached hydrogen (secondary N) is 1. The van der Waals surface area contributed by atoms with Crippen molar-refractivity contribution < 1.29 is 17.5 Å². The van der Waals surface area contributed by atoms with Crippen LogP contribution in [0.15, 0.2) is 47.4 Å². The standard InChI is InChI=1S/C13H13FN2O3S/c1-19-10-3-5-11(6-4-10)20(17,18)16-13-7-2-9(14)8-12(13)15/h2-8,16H,15H2,1H3. The molecule has 0 amide bonds. The minimum Gasteiger partial charge on any atom is -0.497 e. The van der Waals surface area contributed by atoms with E-state index < -0.39 is 15.8 Å². The molecular weight excluding hydrogens is 283 g/mol. The van der Waals surface area contributed by atoms with Gasteiger partial charge in [0.05, 0.1) is 23.4 Å². The fourth-order valence-electron chi connectivity index (χ4n) is 1.59. The highest BCUT2D eigenvalue weighted by atomic mass is 32.2. The van der Waals surface area contributed by atoms with Crippen LogP contribution in [0.3, 0.4) is 0 Å². The van der Waals surface area contributed by atoms with Crippen LogP contribution in [-0.4, -0.2) is 15.5 Å². The predicted octanol–water partition coefficient (Wildman–Crippen LogP) is 2.22. The Balaban J connectivity index is 2.30. The molecule has 2 aromatic rings. The third-order valence-corrected chi connectivity index (χ3v) is 4.01. The van der Waals surface area contributed by atoms with E-state index in [-0.39, 0.29) is 16.3 Å². The molecule has 0 aromatic heterocycles. The maximum Gasteiger partial charge on any atom is 0.261 e. The van der Waals surface area contributed by atoms with Crippen LogP contribution < -0.4 is 15.2 Å². The second-order valence-electron chi connectivity index (χ2n) is 4.01. The smallest absolute Gasteiger partial charge is 0.261 e. The first kappa shape index (κ1) is 14.1. The molecule has 7 heteroatoms. The summed E-state index contributed by atoms with van der Waals surface area (Å²) in [6.45, 7) is 0. The molecule has 0 radical (unpaired) electrons. The third kappa shape index (κ3) is 3.00. The number of benzene rings is 2. The fraction of sp³-hybridized carbons (Fsp3) is 0.0769. The first-order valence-electron chi connectivity index (χ1n) is 5.64. The highest BCUT2D eigenvalue weighted by Crippen LogP contribution is 2.23. The van der Waals surface area contributed by atoms with Crippen LogP contribution >= 0.6 is 0 Å². The summed E-state index contributed by atoms with van der Waals surface area (Å²) in [5.74, 6) is 0.0140. The molecule has 0 unspecified atom stereocenters. The summed E-state index contributed by atoms with van der Waals surface area (Å²) in [7, 11) is -2.29. The van der Waals surface area contributed by atoms with E-state index in [1.54, 1.807) is 0 Å². The zero-order chi connectivity index (χ0) is 14.8. The Morgan fingerprint density at radius 3 is 2.35 bits per heavy atom. The molecule has 0 aliphatic rings. The SMILES string of the molecule is COc1ccc(S(=O)(=O)Nc2ccc(F)cc2N)cc1. The molecular formula is C13H13FN2O3S. The van der Waals surface area contributed by atoms with E-state index in [1.165, 1.54) is 37.4 Å². The van der Waals surface area contributed by atoms with E-state index in [2.05, 4.69) is 4.72 Å². The maximum absolute atomic E-state index is 12.9. The Hall–Kier alpha value is -2.28. The van der Waals surface area contributed by atoms with Crippen LogP contribution in [0.5, 0.6) is 5.75 Å². The van der Waals surface area contributed by atoms with Gasteiger partial charge in [0, 0.05) is 0 Å². The molecule has 2 rings (SSSR count). The van der Waals surface area contributed by atoms with Crippen LogP contribution in [-0.2, 0) is 10.0 Å². The van der Waals surface area contributed by atoms with Gasteiger partial charge in [-0.15, -0.1) is 0 Å². The normalized spacial score (nSPS) is 11.1. The number of sulfonamides is 1. The second kappa shape index (κ2) is 5.38. The Bertz CT molecular complexity index is 715. The minimum atomic E-state index is -3.78. The summed E-state index contributed by atoms with van der Waals surface area (Å²) in [6, 6.07) is 9.31. The quantitative estimate of drug-likeness (QED) is 0.848. The van der Waals surface area contributed by atoms with E-state index in [0.717, 1.165) is 12.1 Å². The number of rotatable bonds is 4. The van der Waals surface area contributed by atoms with Crippen LogP contribution in [0, 0.1) is 5.82 Å². The Morgan fingerprint density at radius 2 is 1.80 bits per heavy atom. The van der Waals surface area contributed by atoms with Gasteiger partial charge in [-0.3, -0.25) is 4.72 Å². The van der Waals surface area contributed by atoms with Crippen molar-refractivity contribution in [3.05, 3.63) is 48.3 Å². The molecule has 5 nitrogen and oxygen atoms in total. The second-order valence-corrected chi connectivity index (χ2v) is 5.70. The molecule has 0 saturated carbocycles. The summed E-state index contributed by atoms with van der Waals surface area (Å²) >= 11 is 0. The zero-order valence-corrected chi connectivity index (χ0v) is 11.4. The Kier molecular flexibility index (Phi) is 3.80. The van der Waals surface area contributed by atoms with Crippen molar-refractivity contribution in [2.45, 2.75) is 4.90 Å². The minimum absolute atomic E-state index is 0.0158. The molecule has 3 N–H and O–H groups in total. The lowest BCUT2D eigenvalue weighted by Crippen LogP contribution is -2.14. The third-order valence-electron chi connectivity index (χ3n) is 2.63. The van der Waals surface area contributed by atoms with Crippen molar-refractivity contribution in [3.8, 4) is 5.75 Å². The molecule has 2 aromatic carbocycles. The zero-order valence-electron chi connectivity index (χ0n) is 10.6. The highest BCUT2D eigenvalue weighted by Gasteiger charge is 2.15. The largest absolute Gasteiger partial charge is 0.497 e. The van der Waals surface area contributed by atoms with E-state index in [9.17, 15) is 12.8 Å². The van der Waals surface area contributed by atoms with Crippen LogP contribution in [0.1, 0.15) is 0 Å². The van der Waals surface area contributed by atoms with Gasteiger partial charge in [0.15, 0.2) is 0 Å². The van der Waals surface area contributed by atoms with Gasteiger partial charge in [-0.25, -0.2) is 12.8 Å². The molecule has 0 bridgehead atoms. The van der Waals surface area contributed by atoms with Gasteiger partial charge in [0.1, 0.15) is 11.6 Å². The number of methoxy groups -OCH3 is 1. The van der Waals surface area contributed by atoms with Crippen molar-refractivity contribution in [2.75, 3.05) is 17.6 Å². The number of anilines is 2. The van der Waals surface area contributed by atoms with E-state index in [0.29, 0.717) is 5.75 Å². The highest BCUT2D eigenvalue weighted by molar-refractivity contribution is 7.92. The van der Waals surface area contributed by atoms with Crippen molar-refractivity contribution in [2.24, 2.45) is 0 Å². The Labute approximate surface area is 116 Å². The van der Waals surface area contributed by atoms with E-state index in [4.69, 9.17) is 10.5 Å². The number of halogens is 1. The van der Waals surface area contributed by atoms with Crippen molar-refractivity contribution >= 4 is 21.4 Å². The molecule has 0 atom stereocenters.